The molecule has 2 aromatic carbocycles. The lowest BCUT2D eigenvalue weighted by Gasteiger charge is -2.25. The molecule has 8 heteroatoms. The average molecular weight is 551 g/mol. The lowest BCUT2D eigenvalue weighted by Crippen LogP contribution is -2.32. The van der Waals surface area contributed by atoms with E-state index < -0.39 is 5.41 Å². The quantitative estimate of drug-likeness (QED) is 0.262. The smallest absolute Gasteiger partial charge is 0.235 e. The van der Waals surface area contributed by atoms with Gasteiger partial charge in [0.2, 0.25) is 5.91 Å². The summed E-state index contributed by atoms with van der Waals surface area (Å²) >= 11 is 1.80. The normalized spacial score (nSPS) is 15.5. The third-order valence-electron chi connectivity index (χ3n) is 7.74. The molecule has 202 valence electrons. The number of ether oxygens (including phenoxy) is 2. The number of fused-ring (bicyclic) bond motifs is 2. The maximum Gasteiger partial charge on any atom is 0.235 e. The molecule has 0 atom stereocenters. The molecule has 0 saturated carbocycles. The molecule has 0 bridgehead atoms. The number of nitrogens with zero attached hydrogens (tertiary/aromatic N) is 2. The Kier molecular flexibility index (Phi) is 7.09. The predicted octanol–water partition coefficient (Wildman–Crippen LogP) is 6.28. The van der Waals surface area contributed by atoms with E-state index in [4.69, 9.17) is 9.47 Å². The summed E-state index contributed by atoms with van der Waals surface area (Å²) in [7, 11) is 1.67. The van der Waals surface area contributed by atoms with Gasteiger partial charge >= 0.3 is 0 Å². The highest BCUT2D eigenvalue weighted by Gasteiger charge is 2.43. The van der Waals surface area contributed by atoms with Gasteiger partial charge in [0.1, 0.15) is 17.3 Å². The van der Waals surface area contributed by atoms with Crippen LogP contribution in [0.3, 0.4) is 0 Å². The highest BCUT2D eigenvalue weighted by atomic mass is 32.2. The van der Waals surface area contributed by atoms with Crippen LogP contribution >= 0.6 is 11.8 Å². The zero-order chi connectivity index (χ0) is 27.7. The van der Waals surface area contributed by atoms with Gasteiger partial charge in [0, 0.05) is 39.3 Å². The fourth-order valence-electron chi connectivity index (χ4n) is 5.28. The van der Waals surface area contributed by atoms with E-state index in [0.29, 0.717) is 16.8 Å². The van der Waals surface area contributed by atoms with Crippen LogP contribution < -0.4 is 15.4 Å². The van der Waals surface area contributed by atoms with E-state index in [2.05, 4.69) is 52.4 Å². The topological polar surface area (TPSA) is 85.4 Å². The second-order valence-corrected chi connectivity index (χ2v) is 11.3. The Balaban J connectivity index is 1.27. The first-order chi connectivity index (χ1) is 19.5. The Morgan fingerprint density at radius 1 is 1.10 bits per heavy atom. The van der Waals surface area contributed by atoms with Gasteiger partial charge in [-0.05, 0) is 66.8 Å². The van der Waals surface area contributed by atoms with Gasteiger partial charge in [-0.15, -0.1) is 11.8 Å². The molecular weight excluding hydrogens is 520 g/mol. The van der Waals surface area contributed by atoms with Crippen molar-refractivity contribution < 1.29 is 14.3 Å². The Bertz CT molecular complexity index is 1670. The molecule has 2 aliphatic rings. The minimum atomic E-state index is -0.456. The van der Waals surface area contributed by atoms with Crippen LogP contribution in [-0.2, 0) is 14.9 Å². The van der Waals surface area contributed by atoms with Crippen molar-refractivity contribution in [3.63, 3.8) is 0 Å². The number of amides is 1. The van der Waals surface area contributed by atoms with Crippen molar-refractivity contribution in [3.05, 3.63) is 77.7 Å². The third-order valence-corrected chi connectivity index (χ3v) is 8.88. The van der Waals surface area contributed by atoms with Crippen LogP contribution in [0.15, 0.2) is 65.8 Å². The number of carbonyl (C=O) groups excluding carboxylic acids is 1. The molecule has 7 nitrogen and oxygen atoms in total. The van der Waals surface area contributed by atoms with Crippen LogP contribution in [0.2, 0.25) is 0 Å². The van der Waals surface area contributed by atoms with Crippen LogP contribution in [0.1, 0.15) is 43.5 Å². The summed E-state index contributed by atoms with van der Waals surface area (Å²) in [6, 6.07) is 16.0. The predicted molar refractivity (Wildman–Crippen MR) is 160 cm³/mol. The van der Waals surface area contributed by atoms with E-state index >= 15 is 0 Å². The van der Waals surface area contributed by atoms with Crippen LogP contribution in [0, 0.1) is 11.8 Å². The molecule has 1 amide bonds. The fraction of sp³-hybridized carbons (Fsp3) is 0.281. The van der Waals surface area contributed by atoms with Gasteiger partial charge in [0.05, 0.1) is 36.7 Å². The summed E-state index contributed by atoms with van der Waals surface area (Å²) in [6.45, 7) is 5.70. The minimum Gasteiger partial charge on any atom is -0.495 e. The van der Waals surface area contributed by atoms with Gasteiger partial charge in [-0.1, -0.05) is 25.8 Å². The first-order valence-electron chi connectivity index (χ1n) is 13.4. The van der Waals surface area contributed by atoms with Crippen molar-refractivity contribution in [2.45, 2.75) is 42.2 Å². The van der Waals surface area contributed by atoms with Gasteiger partial charge in [0.25, 0.3) is 0 Å². The molecular formula is C32H30N4O3S. The zero-order valence-corrected chi connectivity index (χ0v) is 23.5. The van der Waals surface area contributed by atoms with Crippen molar-refractivity contribution in [1.82, 2.24) is 9.97 Å². The van der Waals surface area contributed by atoms with E-state index in [1.165, 1.54) is 0 Å². The van der Waals surface area contributed by atoms with Crippen molar-refractivity contribution in [3.8, 4) is 17.6 Å². The number of methoxy groups -OCH3 is 1. The molecule has 4 heterocycles. The Morgan fingerprint density at radius 2 is 1.95 bits per heavy atom. The number of anilines is 3. The van der Waals surface area contributed by atoms with E-state index in [1.54, 1.807) is 25.1 Å². The maximum atomic E-state index is 12.7. The molecule has 0 spiro atoms. The Hall–Kier alpha value is -4.06. The summed E-state index contributed by atoms with van der Waals surface area (Å²) in [6.07, 6.45) is 5.09. The number of carbonyl (C=O) groups is 1. The largest absolute Gasteiger partial charge is 0.495 e. The fourth-order valence-corrected chi connectivity index (χ4v) is 6.32. The molecule has 0 aliphatic carbocycles. The molecule has 6 rings (SSSR count). The molecule has 1 saturated heterocycles. The summed E-state index contributed by atoms with van der Waals surface area (Å²) in [4.78, 5) is 23.0. The molecule has 4 aromatic rings. The summed E-state index contributed by atoms with van der Waals surface area (Å²) in [5.74, 6) is 7.97. The first kappa shape index (κ1) is 26.2. The Labute approximate surface area is 238 Å². The molecule has 40 heavy (non-hydrogen) atoms. The van der Waals surface area contributed by atoms with Gasteiger partial charge in [-0.3, -0.25) is 4.79 Å². The molecule has 2 aromatic heterocycles. The van der Waals surface area contributed by atoms with Crippen LogP contribution in [-0.4, -0.2) is 41.4 Å². The van der Waals surface area contributed by atoms with Crippen LogP contribution in [0.5, 0.6) is 5.75 Å². The van der Waals surface area contributed by atoms with E-state index in [9.17, 15) is 4.79 Å². The van der Waals surface area contributed by atoms with E-state index in [0.717, 1.165) is 70.0 Å². The van der Waals surface area contributed by atoms with Crippen LogP contribution in [0.25, 0.3) is 10.8 Å². The number of hydrogen-bond donors (Lipinski definition) is 2. The van der Waals surface area contributed by atoms with Crippen molar-refractivity contribution in [2.75, 3.05) is 31.0 Å². The maximum absolute atomic E-state index is 12.7. The zero-order valence-electron chi connectivity index (χ0n) is 22.7. The molecule has 2 aliphatic heterocycles. The molecule has 2 N–H and O–H groups in total. The summed E-state index contributed by atoms with van der Waals surface area (Å²) in [5.41, 5.74) is 3.76. The highest BCUT2D eigenvalue weighted by molar-refractivity contribution is 8.00. The first-order valence-corrected chi connectivity index (χ1v) is 14.3. The van der Waals surface area contributed by atoms with E-state index in [1.807, 2.05) is 48.7 Å². The second-order valence-electron chi connectivity index (χ2n) is 9.97. The minimum absolute atomic E-state index is 0.0684. The van der Waals surface area contributed by atoms with Crippen molar-refractivity contribution in [1.29, 1.82) is 0 Å². The monoisotopic (exact) mass is 550 g/mol. The third kappa shape index (κ3) is 4.76. The molecule has 0 radical (unpaired) electrons. The number of aromatic nitrogens is 2. The number of thioether (sulfide) groups is 1. The standard InChI is InChI=1S/C32H30N4O3S/c1-4-32(5-2)25-9-6-20(14-28(25)36-31(32)37)7-10-26-24-16-30(34-17-21(24)12-13-33-26)35-27-11-8-22(15-29(27)38-3)40-23-18-39-19-23/h6,8-9,11-17,23H,4-5,18-19H2,1-3H3,(H,34,35)(H,36,37). The molecule has 1 fully saturated rings. The number of nitrogens with one attached hydrogen (secondary N) is 2. The lowest BCUT2D eigenvalue weighted by atomic mass is 9.77. The van der Waals surface area contributed by atoms with Crippen LogP contribution in [0.4, 0.5) is 17.2 Å². The number of rotatable bonds is 7. The van der Waals surface area contributed by atoms with Gasteiger partial charge < -0.3 is 20.1 Å². The van der Waals surface area contributed by atoms with Crippen molar-refractivity contribution >= 4 is 45.6 Å². The number of pyridine rings is 2. The highest BCUT2D eigenvalue weighted by Crippen LogP contribution is 2.43. The second kappa shape index (κ2) is 10.8. The average Bonchev–Trinajstić information content (AvgIpc) is 3.24. The summed E-state index contributed by atoms with van der Waals surface area (Å²) < 4.78 is 10.9. The Morgan fingerprint density at radius 3 is 2.70 bits per heavy atom. The number of hydrogen-bond acceptors (Lipinski definition) is 7. The van der Waals surface area contributed by atoms with E-state index in [-0.39, 0.29) is 5.91 Å². The lowest BCUT2D eigenvalue weighted by molar-refractivity contribution is -0.121. The summed E-state index contributed by atoms with van der Waals surface area (Å²) in [5, 5.41) is 8.79. The van der Waals surface area contributed by atoms with Gasteiger partial charge in [0.15, 0.2) is 0 Å². The SMILES string of the molecule is CCC1(CC)C(=O)Nc2cc(C#Cc3nccc4cnc(Nc5ccc(SC6COC6)cc5OC)cc34)ccc21. The molecule has 0 unspecified atom stereocenters. The number of benzene rings is 2. The van der Waals surface area contributed by atoms with Gasteiger partial charge in [-0.2, -0.15) is 0 Å². The van der Waals surface area contributed by atoms with Crippen molar-refractivity contribution in [2.24, 2.45) is 0 Å². The van der Waals surface area contributed by atoms with Gasteiger partial charge in [-0.25, -0.2) is 9.97 Å².